The summed E-state index contributed by atoms with van der Waals surface area (Å²) in [6.45, 7) is 12.2. The molecule has 0 N–H and O–H groups in total. The molecule has 1 atom stereocenters. The van der Waals surface area contributed by atoms with Crippen LogP contribution in [0.3, 0.4) is 0 Å². The third-order valence-electron chi connectivity index (χ3n) is 6.48. The van der Waals surface area contributed by atoms with Gasteiger partial charge in [0.1, 0.15) is 5.76 Å². The SMILES string of the molecule is CC.CCCC.CCCCC1(C)CS(=O)(=O)c2ccc(N(C)C)cc2/C(=C2/C=CC(OC)=CC2)C1=O. The summed E-state index contributed by atoms with van der Waals surface area (Å²) in [5, 5.41) is 0. The average molecular weight is 518 g/mol. The minimum Gasteiger partial charge on any atom is -0.497 e. The topological polar surface area (TPSA) is 63.7 Å². The second-order valence-electron chi connectivity index (χ2n) is 9.58. The molecule has 0 radical (unpaired) electrons. The number of anilines is 1. The molecule has 0 fully saturated rings. The van der Waals surface area contributed by atoms with Crippen LogP contribution in [-0.2, 0) is 19.4 Å². The van der Waals surface area contributed by atoms with Gasteiger partial charge >= 0.3 is 0 Å². The van der Waals surface area contributed by atoms with E-state index < -0.39 is 15.3 Å². The van der Waals surface area contributed by atoms with E-state index in [2.05, 4.69) is 20.8 Å². The van der Waals surface area contributed by atoms with Gasteiger partial charge in [0.2, 0.25) is 0 Å². The zero-order chi connectivity index (χ0) is 27.5. The van der Waals surface area contributed by atoms with Crippen molar-refractivity contribution in [3.05, 3.63) is 53.3 Å². The van der Waals surface area contributed by atoms with Crippen LogP contribution in [0, 0.1) is 5.41 Å². The molecule has 5 nitrogen and oxygen atoms in total. The minimum absolute atomic E-state index is 0.0805. The maximum absolute atomic E-state index is 13.9. The lowest BCUT2D eigenvalue weighted by atomic mass is 9.76. The predicted octanol–water partition coefficient (Wildman–Crippen LogP) is 7.38. The average Bonchev–Trinajstić information content (AvgIpc) is 2.94. The summed E-state index contributed by atoms with van der Waals surface area (Å²) >= 11 is 0. The summed E-state index contributed by atoms with van der Waals surface area (Å²) in [7, 11) is 1.80. The number of carbonyl (C=O) groups excluding carboxylic acids is 1. The molecule has 0 saturated heterocycles. The first-order valence-corrected chi connectivity index (χ1v) is 14.9. The number of benzene rings is 1. The van der Waals surface area contributed by atoms with Crippen LogP contribution >= 0.6 is 0 Å². The third-order valence-corrected chi connectivity index (χ3v) is 8.52. The predicted molar refractivity (Wildman–Crippen MR) is 153 cm³/mol. The van der Waals surface area contributed by atoms with E-state index in [-0.39, 0.29) is 16.4 Å². The van der Waals surface area contributed by atoms with Gasteiger partial charge in [-0.05, 0) is 48.8 Å². The fraction of sp³-hybridized carbons (Fsp3) is 0.567. The first kappa shape index (κ1) is 31.7. The number of allylic oxidation sites excluding steroid dienone is 5. The van der Waals surface area contributed by atoms with Crippen molar-refractivity contribution in [1.82, 2.24) is 0 Å². The van der Waals surface area contributed by atoms with Gasteiger partial charge in [0, 0.05) is 36.3 Å². The third kappa shape index (κ3) is 7.58. The van der Waals surface area contributed by atoms with Crippen molar-refractivity contribution in [3.63, 3.8) is 0 Å². The van der Waals surface area contributed by atoms with Crippen LogP contribution in [0.1, 0.15) is 85.6 Å². The Kier molecular flexibility index (Phi) is 12.7. The maximum Gasteiger partial charge on any atom is 0.179 e. The Morgan fingerprint density at radius 1 is 1.03 bits per heavy atom. The Morgan fingerprint density at radius 2 is 1.67 bits per heavy atom. The molecule has 1 aliphatic carbocycles. The standard InChI is InChI=1S/C24H31NO4S.C4H10.C2H6/c1-6-7-14-24(2)16-30(27,28)21-13-10-18(25(3)4)15-20(21)22(23(24)26)17-8-11-19(29-5)12-9-17;1-3-4-2;1-2/h8,10-13,15H,6-7,9,14,16H2,1-5H3;3-4H2,1-2H3;1-2H3/b22-17+;;. The highest BCUT2D eigenvalue weighted by atomic mass is 32.2. The lowest BCUT2D eigenvalue weighted by Gasteiger charge is -2.27. The molecule has 1 aromatic carbocycles. The van der Waals surface area contributed by atoms with Crippen molar-refractivity contribution in [2.24, 2.45) is 5.41 Å². The normalized spacial score (nSPS) is 22.1. The molecule has 1 aliphatic heterocycles. The Morgan fingerprint density at radius 3 is 2.14 bits per heavy atom. The van der Waals surface area contributed by atoms with Crippen molar-refractivity contribution in [2.75, 3.05) is 31.9 Å². The number of unbranched alkanes of at least 4 members (excludes halogenated alkanes) is 2. The number of nitrogens with zero attached hydrogens (tertiary/aromatic N) is 1. The number of ketones is 1. The summed E-state index contributed by atoms with van der Waals surface area (Å²) in [6, 6.07) is 5.29. The second-order valence-corrected chi connectivity index (χ2v) is 11.5. The molecular weight excluding hydrogens is 470 g/mol. The number of Topliss-reactive ketones (excluding diaryl/α,β-unsaturated/α-hetero) is 1. The molecule has 36 heavy (non-hydrogen) atoms. The Labute approximate surface area is 220 Å². The molecule has 6 heteroatoms. The summed E-state index contributed by atoms with van der Waals surface area (Å²) in [5.74, 6) is 0.499. The van der Waals surface area contributed by atoms with Crippen molar-refractivity contribution in [3.8, 4) is 0 Å². The molecule has 202 valence electrons. The summed E-state index contributed by atoms with van der Waals surface area (Å²) < 4.78 is 32.1. The summed E-state index contributed by atoms with van der Waals surface area (Å²) in [4.78, 5) is 16.1. The summed E-state index contributed by atoms with van der Waals surface area (Å²) in [6.07, 6.45) is 11.1. The Hall–Kier alpha value is -2.34. The molecule has 2 aliphatic rings. The smallest absolute Gasteiger partial charge is 0.179 e. The van der Waals surface area contributed by atoms with Crippen LogP contribution in [-0.4, -0.2) is 41.2 Å². The molecule has 1 aromatic rings. The van der Waals surface area contributed by atoms with E-state index in [9.17, 15) is 13.2 Å². The van der Waals surface area contributed by atoms with Crippen molar-refractivity contribution in [2.45, 2.75) is 85.0 Å². The van der Waals surface area contributed by atoms with Crippen LogP contribution < -0.4 is 4.90 Å². The fourth-order valence-electron chi connectivity index (χ4n) is 4.19. The molecule has 0 amide bonds. The van der Waals surface area contributed by atoms with E-state index in [1.165, 1.54) is 12.8 Å². The van der Waals surface area contributed by atoms with Gasteiger partial charge in [-0.3, -0.25) is 4.79 Å². The highest BCUT2D eigenvalue weighted by Crippen LogP contribution is 2.44. The zero-order valence-corrected chi connectivity index (χ0v) is 24.7. The number of ether oxygens (including phenoxy) is 1. The number of hydrogen-bond donors (Lipinski definition) is 0. The van der Waals surface area contributed by atoms with E-state index in [0.29, 0.717) is 24.0 Å². The van der Waals surface area contributed by atoms with Gasteiger partial charge in [-0.1, -0.05) is 73.3 Å². The largest absolute Gasteiger partial charge is 0.497 e. The van der Waals surface area contributed by atoms with E-state index in [1.807, 2.05) is 64.1 Å². The Bertz CT molecular complexity index is 1080. The van der Waals surface area contributed by atoms with Crippen LogP contribution in [0.25, 0.3) is 5.57 Å². The zero-order valence-electron chi connectivity index (χ0n) is 23.9. The van der Waals surface area contributed by atoms with Gasteiger partial charge in [-0.15, -0.1) is 0 Å². The molecule has 0 spiro atoms. The van der Waals surface area contributed by atoms with E-state index >= 15 is 0 Å². The molecule has 1 heterocycles. The van der Waals surface area contributed by atoms with Crippen LogP contribution in [0.4, 0.5) is 5.69 Å². The molecular formula is C30H47NO4S. The highest BCUT2D eigenvalue weighted by Gasteiger charge is 2.45. The van der Waals surface area contributed by atoms with Crippen molar-refractivity contribution >= 4 is 26.9 Å². The fourth-order valence-corrected chi connectivity index (χ4v) is 6.23. The molecule has 0 aromatic heterocycles. The van der Waals surface area contributed by atoms with Gasteiger partial charge < -0.3 is 9.64 Å². The summed E-state index contributed by atoms with van der Waals surface area (Å²) in [5.41, 5.74) is 1.78. The van der Waals surface area contributed by atoms with E-state index in [0.717, 1.165) is 29.9 Å². The second kappa shape index (κ2) is 14.4. The first-order valence-electron chi connectivity index (χ1n) is 13.3. The number of methoxy groups -OCH3 is 1. The molecule has 3 rings (SSSR count). The minimum atomic E-state index is -3.62. The monoisotopic (exact) mass is 517 g/mol. The number of carbonyl (C=O) groups is 1. The molecule has 0 saturated carbocycles. The van der Waals surface area contributed by atoms with E-state index in [4.69, 9.17) is 4.74 Å². The van der Waals surface area contributed by atoms with Crippen LogP contribution in [0.5, 0.6) is 0 Å². The number of fused-ring (bicyclic) bond motifs is 1. The number of hydrogen-bond acceptors (Lipinski definition) is 5. The van der Waals surface area contributed by atoms with Crippen molar-refractivity contribution in [1.29, 1.82) is 0 Å². The quantitative estimate of drug-likeness (QED) is 0.368. The molecule has 1 unspecified atom stereocenters. The maximum atomic E-state index is 13.9. The van der Waals surface area contributed by atoms with Gasteiger partial charge in [-0.2, -0.15) is 0 Å². The first-order chi connectivity index (χ1) is 17.0. The lowest BCUT2D eigenvalue weighted by Crippen LogP contribution is -2.34. The van der Waals surface area contributed by atoms with Gasteiger partial charge in [0.15, 0.2) is 15.6 Å². The van der Waals surface area contributed by atoms with Crippen LogP contribution in [0.15, 0.2) is 52.7 Å². The van der Waals surface area contributed by atoms with Crippen molar-refractivity contribution < 1.29 is 17.9 Å². The lowest BCUT2D eigenvalue weighted by molar-refractivity contribution is -0.121. The Balaban J connectivity index is 0.000000982. The molecule has 0 bridgehead atoms. The highest BCUT2D eigenvalue weighted by molar-refractivity contribution is 7.91. The van der Waals surface area contributed by atoms with Gasteiger partial charge in [0.25, 0.3) is 0 Å². The van der Waals surface area contributed by atoms with Crippen LogP contribution in [0.2, 0.25) is 0 Å². The van der Waals surface area contributed by atoms with Gasteiger partial charge in [0.05, 0.1) is 17.8 Å². The van der Waals surface area contributed by atoms with E-state index in [1.54, 1.807) is 19.2 Å². The number of rotatable bonds is 6. The number of sulfone groups is 1. The van der Waals surface area contributed by atoms with Gasteiger partial charge in [-0.25, -0.2) is 8.42 Å².